The summed E-state index contributed by atoms with van der Waals surface area (Å²) < 4.78 is 27.2. The van der Waals surface area contributed by atoms with E-state index in [1.54, 1.807) is 4.90 Å². The van der Waals surface area contributed by atoms with Crippen LogP contribution in [0.3, 0.4) is 0 Å². The number of piperazine rings is 1. The molecule has 4 nitrogen and oxygen atoms in total. The number of halogens is 2. The number of benzene rings is 1. The number of nitrogens with zero attached hydrogens (tertiary/aromatic N) is 2. The molecule has 1 aromatic rings. The van der Waals surface area contributed by atoms with Crippen LogP contribution < -0.4 is 0 Å². The van der Waals surface area contributed by atoms with Crippen molar-refractivity contribution in [2.24, 2.45) is 0 Å². The van der Waals surface area contributed by atoms with Crippen LogP contribution in [-0.4, -0.2) is 59.1 Å². The van der Waals surface area contributed by atoms with Gasteiger partial charge in [-0.15, -0.1) is 0 Å². The number of hydrogen-bond donors (Lipinski definition) is 1. The van der Waals surface area contributed by atoms with Crippen LogP contribution in [0.25, 0.3) is 0 Å². The van der Waals surface area contributed by atoms with Crippen LogP contribution in [0.15, 0.2) is 18.2 Å². The Kier molecular flexibility index (Phi) is 5.46. The Balaban J connectivity index is 1.49. The normalized spacial score (nSPS) is 25.2. The third-order valence-electron chi connectivity index (χ3n) is 5.23. The van der Waals surface area contributed by atoms with Gasteiger partial charge in [-0.2, -0.15) is 0 Å². The first kappa shape index (κ1) is 17.3. The molecular formula is C18H24F2N2O2. The highest BCUT2D eigenvalue weighted by Gasteiger charge is 2.33. The number of carbonyl (C=O) groups excluding carboxylic acids is 1. The number of carbonyl (C=O) groups is 1. The van der Waals surface area contributed by atoms with Crippen molar-refractivity contribution in [2.45, 2.75) is 44.2 Å². The summed E-state index contributed by atoms with van der Waals surface area (Å²) in [5.74, 6) is -1.25. The monoisotopic (exact) mass is 338 g/mol. The van der Waals surface area contributed by atoms with Crippen molar-refractivity contribution < 1.29 is 18.7 Å². The fraction of sp³-hybridized carbons (Fsp3) is 0.611. The lowest BCUT2D eigenvalue weighted by Crippen LogP contribution is -2.53. The van der Waals surface area contributed by atoms with E-state index in [2.05, 4.69) is 4.90 Å². The van der Waals surface area contributed by atoms with E-state index in [-0.39, 0.29) is 36.5 Å². The topological polar surface area (TPSA) is 43.8 Å². The Hall–Kier alpha value is -1.53. The van der Waals surface area contributed by atoms with Crippen LogP contribution in [-0.2, 0) is 11.2 Å². The lowest BCUT2D eigenvalue weighted by Gasteiger charge is -2.39. The number of hydrogen-bond acceptors (Lipinski definition) is 3. The summed E-state index contributed by atoms with van der Waals surface area (Å²) in [7, 11) is 0. The van der Waals surface area contributed by atoms with Gasteiger partial charge >= 0.3 is 0 Å². The molecule has 24 heavy (non-hydrogen) atoms. The van der Waals surface area contributed by atoms with Gasteiger partial charge in [0.15, 0.2) is 0 Å². The molecular weight excluding hydrogens is 314 g/mol. The summed E-state index contributed by atoms with van der Waals surface area (Å²) in [6, 6.07) is 3.98. The molecule has 1 heterocycles. The summed E-state index contributed by atoms with van der Waals surface area (Å²) >= 11 is 0. The first-order valence-corrected chi connectivity index (χ1v) is 8.69. The van der Waals surface area contributed by atoms with Gasteiger partial charge in [0.05, 0.1) is 6.10 Å². The average Bonchev–Trinajstić information content (AvgIpc) is 3.00. The molecule has 1 saturated carbocycles. The summed E-state index contributed by atoms with van der Waals surface area (Å²) in [5, 5.41) is 9.99. The van der Waals surface area contributed by atoms with E-state index in [0.717, 1.165) is 32.4 Å². The summed E-state index contributed by atoms with van der Waals surface area (Å²) in [5.41, 5.74) is -0.0152. The minimum absolute atomic E-state index is 0.0152. The highest BCUT2D eigenvalue weighted by Crippen LogP contribution is 2.25. The maximum atomic E-state index is 13.6. The molecule has 0 bridgehead atoms. The molecule has 0 spiro atoms. The number of rotatable bonds is 4. The standard InChI is InChI=1S/C18H24F2N2O2/c19-14-3-1-4-15(20)13(14)7-8-18(24)22-11-9-21(10-12-22)16-5-2-6-17(16)23/h1,3-4,16-17,23H,2,5-12H2/t16-,17+/m1/s1. The molecule has 0 aromatic heterocycles. The van der Waals surface area contributed by atoms with Gasteiger partial charge in [0.2, 0.25) is 5.91 Å². The van der Waals surface area contributed by atoms with E-state index in [1.165, 1.54) is 18.2 Å². The highest BCUT2D eigenvalue weighted by atomic mass is 19.1. The van der Waals surface area contributed by atoms with Crippen molar-refractivity contribution in [3.63, 3.8) is 0 Å². The molecule has 1 aliphatic carbocycles. The first-order chi connectivity index (χ1) is 11.6. The second kappa shape index (κ2) is 7.57. The van der Waals surface area contributed by atoms with E-state index >= 15 is 0 Å². The predicted octanol–water partition coefficient (Wildman–Crippen LogP) is 1.95. The van der Waals surface area contributed by atoms with Crippen LogP contribution in [0.5, 0.6) is 0 Å². The smallest absolute Gasteiger partial charge is 0.222 e. The Morgan fingerprint density at radius 2 is 1.79 bits per heavy atom. The minimum atomic E-state index is -0.595. The zero-order valence-corrected chi connectivity index (χ0v) is 13.8. The molecule has 3 rings (SSSR count). The molecule has 2 aliphatic rings. The molecule has 1 saturated heterocycles. The van der Waals surface area contributed by atoms with Crippen molar-refractivity contribution in [1.29, 1.82) is 0 Å². The molecule has 2 atom stereocenters. The largest absolute Gasteiger partial charge is 0.391 e. The quantitative estimate of drug-likeness (QED) is 0.913. The fourth-order valence-corrected chi connectivity index (χ4v) is 3.81. The van der Waals surface area contributed by atoms with Crippen molar-refractivity contribution in [3.8, 4) is 0 Å². The van der Waals surface area contributed by atoms with Crippen LogP contribution >= 0.6 is 0 Å². The molecule has 2 fully saturated rings. The van der Waals surface area contributed by atoms with Gasteiger partial charge in [0.1, 0.15) is 11.6 Å². The first-order valence-electron chi connectivity index (χ1n) is 8.69. The molecule has 1 N–H and O–H groups in total. The second-order valence-electron chi connectivity index (χ2n) is 6.68. The maximum absolute atomic E-state index is 13.6. The van der Waals surface area contributed by atoms with Gasteiger partial charge in [0.25, 0.3) is 0 Å². The summed E-state index contributed by atoms with van der Waals surface area (Å²) in [6.07, 6.45) is 2.87. The fourth-order valence-electron chi connectivity index (χ4n) is 3.81. The zero-order chi connectivity index (χ0) is 17.1. The van der Waals surface area contributed by atoms with Gasteiger partial charge < -0.3 is 10.0 Å². The molecule has 132 valence electrons. The van der Waals surface area contributed by atoms with Crippen molar-refractivity contribution >= 4 is 5.91 Å². The van der Waals surface area contributed by atoms with Crippen molar-refractivity contribution in [3.05, 3.63) is 35.4 Å². The Morgan fingerprint density at radius 3 is 2.38 bits per heavy atom. The van der Waals surface area contributed by atoms with E-state index < -0.39 is 11.6 Å². The van der Waals surface area contributed by atoms with Crippen LogP contribution in [0.4, 0.5) is 8.78 Å². The molecule has 0 radical (unpaired) electrons. The second-order valence-corrected chi connectivity index (χ2v) is 6.68. The van der Waals surface area contributed by atoms with Crippen molar-refractivity contribution in [1.82, 2.24) is 9.80 Å². The van der Waals surface area contributed by atoms with Crippen LogP contribution in [0, 0.1) is 11.6 Å². The lowest BCUT2D eigenvalue weighted by atomic mass is 10.1. The average molecular weight is 338 g/mol. The van der Waals surface area contributed by atoms with Crippen LogP contribution in [0.1, 0.15) is 31.2 Å². The molecule has 6 heteroatoms. The van der Waals surface area contributed by atoms with Gasteiger partial charge in [0, 0.05) is 44.2 Å². The Morgan fingerprint density at radius 1 is 1.12 bits per heavy atom. The van der Waals surface area contributed by atoms with Gasteiger partial charge in [-0.25, -0.2) is 8.78 Å². The van der Waals surface area contributed by atoms with Crippen LogP contribution in [0.2, 0.25) is 0 Å². The summed E-state index contributed by atoms with van der Waals surface area (Å²) in [4.78, 5) is 16.3. The van der Waals surface area contributed by atoms with Gasteiger partial charge in [-0.3, -0.25) is 9.69 Å². The number of amides is 1. The highest BCUT2D eigenvalue weighted by molar-refractivity contribution is 5.76. The number of aliphatic hydroxyl groups excluding tert-OH is 1. The number of aliphatic hydroxyl groups is 1. The maximum Gasteiger partial charge on any atom is 0.222 e. The summed E-state index contributed by atoms with van der Waals surface area (Å²) in [6.45, 7) is 2.73. The van der Waals surface area contributed by atoms with E-state index in [9.17, 15) is 18.7 Å². The van der Waals surface area contributed by atoms with E-state index in [0.29, 0.717) is 13.1 Å². The molecule has 1 aliphatic heterocycles. The molecule has 1 amide bonds. The minimum Gasteiger partial charge on any atom is -0.391 e. The Labute approximate surface area is 141 Å². The SMILES string of the molecule is O=C(CCc1c(F)cccc1F)N1CCN([C@@H]2CCC[C@@H]2O)CC1. The van der Waals surface area contributed by atoms with E-state index in [1.807, 2.05) is 0 Å². The Bertz CT molecular complexity index is 568. The van der Waals surface area contributed by atoms with Crippen molar-refractivity contribution in [2.75, 3.05) is 26.2 Å². The predicted molar refractivity (Wildman–Crippen MR) is 86.5 cm³/mol. The third-order valence-corrected chi connectivity index (χ3v) is 5.23. The molecule has 1 aromatic carbocycles. The van der Waals surface area contributed by atoms with Gasteiger partial charge in [-0.05, 0) is 37.8 Å². The van der Waals surface area contributed by atoms with Gasteiger partial charge in [-0.1, -0.05) is 6.07 Å². The molecule has 0 unspecified atom stereocenters. The third kappa shape index (κ3) is 3.75. The van der Waals surface area contributed by atoms with E-state index in [4.69, 9.17) is 0 Å². The zero-order valence-electron chi connectivity index (χ0n) is 13.8. The lowest BCUT2D eigenvalue weighted by molar-refractivity contribution is -0.133.